The second-order valence-electron chi connectivity index (χ2n) is 4.68. The SMILES string of the molecule is C(=C\c1nnc2n1CCCCC2)/c1ccccc1. The molecule has 0 N–H and O–H groups in total. The Balaban J connectivity index is 1.85. The maximum Gasteiger partial charge on any atom is 0.156 e. The zero-order valence-corrected chi connectivity index (χ0v) is 10.4. The van der Waals surface area contributed by atoms with Crippen LogP contribution in [0.1, 0.15) is 36.5 Å². The molecule has 1 aliphatic rings. The maximum absolute atomic E-state index is 4.29. The minimum atomic E-state index is 0.982. The van der Waals surface area contributed by atoms with Gasteiger partial charge in [-0.1, -0.05) is 42.8 Å². The first-order valence-corrected chi connectivity index (χ1v) is 6.59. The van der Waals surface area contributed by atoms with Gasteiger partial charge in [0.2, 0.25) is 0 Å². The molecule has 1 aromatic carbocycles. The summed E-state index contributed by atoms with van der Waals surface area (Å²) in [5, 5.41) is 8.57. The van der Waals surface area contributed by atoms with E-state index in [4.69, 9.17) is 0 Å². The van der Waals surface area contributed by atoms with Gasteiger partial charge in [0.25, 0.3) is 0 Å². The Morgan fingerprint density at radius 3 is 2.72 bits per heavy atom. The average molecular weight is 239 g/mol. The molecule has 2 heterocycles. The molecule has 0 unspecified atom stereocenters. The van der Waals surface area contributed by atoms with Gasteiger partial charge in [-0.2, -0.15) is 0 Å². The third-order valence-corrected chi connectivity index (χ3v) is 3.36. The highest BCUT2D eigenvalue weighted by atomic mass is 15.3. The van der Waals surface area contributed by atoms with Gasteiger partial charge in [0.1, 0.15) is 5.82 Å². The number of hydrogen-bond acceptors (Lipinski definition) is 2. The summed E-state index contributed by atoms with van der Waals surface area (Å²) in [5.74, 6) is 2.12. The largest absolute Gasteiger partial charge is 0.312 e. The van der Waals surface area contributed by atoms with Crippen molar-refractivity contribution in [1.29, 1.82) is 0 Å². The fourth-order valence-corrected chi connectivity index (χ4v) is 2.37. The highest BCUT2D eigenvalue weighted by Gasteiger charge is 2.12. The molecule has 1 aromatic heterocycles. The van der Waals surface area contributed by atoms with Crippen LogP contribution in [0.5, 0.6) is 0 Å². The standard InChI is InChI=1S/C15H17N3/c1-3-7-13(8-4-1)10-11-15-17-16-14-9-5-2-6-12-18(14)15/h1,3-4,7-8,10-11H,2,5-6,9,12H2/b11-10+. The molecule has 0 saturated carbocycles. The normalized spacial score (nSPS) is 15.6. The van der Waals surface area contributed by atoms with Crippen molar-refractivity contribution < 1.29 is 0 Å². The lowest BCUT2D eigenvalue weighted by Crippen LogP contribution is -2.02. The van der Waals surface area contributed by atoms with Crippen molar-refractivity contribution in [2.45, 2.75) is 32.2 Å². The number of benzene rings is 1. The predicted molar refractivity (Wildman–Crippen MR) is 72.9 cm³/mol. The van der Waals surface area contributed by atoms with Gasteiger partial charge in [-0.25, -0.2) is 0 Å². The number of aromatic nitrogens is 3. The average Bonchev–Trinajstić information content (AvgIpc) is 2.65. The molecule has 3 rings (SSSR count). The van der Waals surface area contributed by atoms with Gasteiger partial charge in [0.05, 0.1) is 0 Å². The molecule has 0 spiro atoms. The van der Waals surface area contributed by atoms with Crippen molar-refractivity contribution in [1.82, 2.24) is 14.8 Å². The van der Waals surface area contributed by atoms with E-state index in [2.05, 4.69) is 39.0 Å². The fraction of sp³-hybridized carbons (Fsp3) is 0.333. The van der Waals surface area contributed by atoms with E-state index in [-0.39, 0.29) is 0 Å². The summed E-state index contributed by atoms with van der Waals surface area (Å²) in [4.78, 5) is 0. The van der Waals surface area contributed by atoms with Crippen molar-refractivity contribution in [3.8, 4) is 0 Å². The molecule has 3 nitrogen and oxygen atoms in total. The fourth-order valence-electron chi connectivity index (χ4n) is 2.37. The van der Waals surface area contributed by atoms with Gasteiger partial charge >= 0.3 is 0 Å². The van der Waals surface area contributed by atoms with Crippen molar-refractivity contribution >= 4 is 12.2 Å². The molecule has 0 fully saturated rings. The lowest BCUT2D eigenvalue weighted by Gasteiger charge is -2.03. The van der Waals surface area contributed by atoms with Crippen LogP contribution in [0.2, 0.25) is 0 Å². The highest BCUT2D eigenvalue weighted by molar-refractivity contribution is 5.66. The molecule has 0 aliphatic carbocycles. The molecule has 2 aromatic rings. The summed E-state index contributed by atoms with van der Waals surface area (Å²) in [6.45, 7) is 1.05. The minimum Gasteiger partial charge on any atom is -0.312 e. The molecule has 0 atom stereocenters. The first-order chi connectivity index (χ1) is 8.93. The zero-order chi connectivity index (χ0) is 12.2. The molecule has 0 bridgehead atoms. The third-order valence-electron chi connectivity index (χ3n) is 3.36. The van der Waals surface area contributed by atoms with Crippen LogP contribution in [-0.4, -0.2) is 14.8 Å². The molecular weight excluding hydrogens is 222 g/mol. The quantitative estimate of drug-likeness (QED) is 0.806. The highest BCUT2D eigenvalue weighted by Crippen LogP contribution is 2.16. The molecule has 18 heavy (non-hydrogen) atoms. The van der Waals surface area contributed by atoms with Crippen LogP contribution in [0.25, 0.3) is 12.2 Å². The monoisotopic (exact) mass is 239 g/mol. The van der Waals surface area contributed by atoms with E-state index < -0.39 is 0 Å². The summed E-state index contributed by atoms with van der Waals surface area (Å²) >= 11 is 0. The van der Waals surface area contributed by atoms with Gasteiger partial charge in [0.15, 0.2) is 5.82 Å². The van der Waals surface area contributed by atoms with Gasteiger partial charge in [-0.3, -0.25) is 0 Å². The van der Waals surface area contributed by atoms with Crippen molar-refractivity contribution in [2.75, 3.05) is 0 Å². The van der Waals surface area contributed by atoms with Gasteiger partial charge < -0.3 is 4.57 Å². The summed E-state index contributed by atoms with van der Waals surface area (Å²) in [6, 6.07) is 10.3. The third kappa shape index (κ3) is 2.35. The maximum atomic E-state index is 4.29. The smallest absolute Gasteiger partial charge is 0.156 e. The van der Waals surface area contributed by atoms with Gasteiger partial charge in [0, 0.05) is 13.0 Å². The van der Waals surface area contributed by atoms with Crippen LogP contribution in [0.15, 0.2) is 30.3 Å². The lowest BCUT2D eigenvalue weighted by molar-refractivity contribution is 0.628. The van der Waals surface area contributed by atoms with Crippen LogP contribution in [-0.2, 0) is 13.0 Å². The Bertz CT molecular complexity index is 540. The van der Waals surface area contributed by atoms with E-state index in [0.717, 1.165) is 24.6 Å². The summed E-state index contributed by atoms with van der Waals surface area (Å²) in [5.41, 5.74) is 1.20. The number of rotatable bonds is 2. The lowest BCUT2D eigenvalue weighted by atomic mass is 10.2. The number of nitrogens with zero attached hydrogens (tertiary/aromatic N) is 3. The Labute approximate surface area is 107 Å². The molecule has 1 aliphatic heterocycles. The summed E-state index contributed by atoms with van der Waals surface area (Å²) in [7, 11) is 0. The summed E-state index contributed by atoms with van der Waals surface area (Å²) in [6.07, 6.45) is 8.99. The van der Waals surface area contributed by atoms with Crippen LogP contribution >= 0.6 is 0 Å². The second-order valence-corrected chi connectivity index (χ2v) is 4.68. The second kappa shape index (κ2) is 5.17. The van der Waals surface area contributed by atoms with E-state index >= 15 is 0 Å². The first-order valence-electron chi connectivity index (χ1n) is 6.59. The number of fused-ring (bicyclic) bond motifs is 1. The molecule has 92 valence electrons. The van der Waals surface area contributed by atoms with E-state index in [1.54, 1.807) is 0 Å². The van der Waals surface area contributed by atoms with Crippen LogP contribution < -0.4 is 0 Å². The van der Waals surface area contributed by atoms with Crippen molar-refractivity contribution in [3.63, 3.8) is 0 Å². The van der Waals surface area contributed by atoms with Crippen molar-refractivity contribution in [2.24, 2.45) is 0 Å². The van der Waals surface area contributed by atoms with E-state index in [1.165, 1.54) is 24.8 Å². The molecule has 0 amide bonds. The predicted octanol–water partition coefficient (Wildman–Crippen LogP) is 3.17. The molecule has 0 saturated heterocycles. The van der Waals surface area contributed by atoms with Gasteiger partial charge in [-0.15, -0.1) is 10.2 Å². The van der Waals surface area contributed by atoms with E-state index in [1.807, 2.05) is 18.2 Å². The minimum absolute atomic E-state index is 0.982. The van der Waals surface area contributed by atoms with Gasteiger partial charge in [-0.05, 0) is 24.5 Å². The van der Waals surface area contributed by atoms with Crippen LogP contribution in [0.3, 0.4) is 0 Å². The summed E-state index contributed by atoms with van der Waals surface area (Å²) < 4.78 is 2.26. The Morgan fingerprint density at radius 1 is 0.944 bits per heavy atom. The number of hydrogen-bond donors (Lipinski definition) is 0. The van der Waals surface area contributed by atoms with E-state index in [9.17, 15) is 0 Å². The zero-order valence-electron chi connectivity index (χ0n) is 10.4. The molecule has 3 heteroatoms. The van der Waals surface area contributed by atoms with Crippen LogP contribution in [0, 0.1) is 0 Å². The Kier molecular flexibility index (Phi) is 3.22. The first kappa shape index (κ1) is 11.2. The van der Waals surface area contributed by atoms with Crippen molar-refractivity contribution in [3.05, 3.63) is 47.5 Å². The Hall–Kier alpha value is -1.90. The van der Waals surface area contributed by atoms with Crippen LogP contribution in [0.4, 0.5) is 0 Å². The topological polar surface area (TPSA) is 30.7 Å². The van der Waals surface area contributed by atoms with E-state index in [0.29, 0.717) is 0 Å². The Morgan fingerprint density at radius 2 is 1.83 bits per heavy atom. The molecule has 0 radical (unpaired) electrons. The number of aryl methyl sites for hydroxylation is 1. The molecular formula is C15H17N3.